The maximum Gasteiger partial charge on any atom is 0.164 e. The Morgan fingerprint density at radius 2 is 0.562 bits per heavy atom. The fourth-order valence-corrected chi connectivity index (χ4v) is 6.74. The Morgan fingerprint density at radius 3 is 1.12 bits per heavy atom. The van der Waals surface area contributed by atoms with E-state index in [1.165, 1.54) is 43.4 Å². The normalized spacial score (nSPS) is 11.3. The van der Waals surface area contributed by atoms with E-state index in [0.717, 1.165) is 27.8 Å². The van der Waals surface area contributed by atoms with E-state index in [4.69, 9.17) is 15.0 Å². The van der Waals surface area contributed by atoms with Crippen molar-refractivity contribution in [2.24, 2.45) is 0 Å². The first-order valence-corrected chi connectivity index (χ1v) is 16.2. The molecule has 1 heterocycles. The monoisotopic (exact) mass is 611 g/mol. The van der Waals surface area contributed by atoms with Gasteiger partial charge in [-0.1, -0.05) is 158 Å². The molecule has 0 spiro atoms. The predicted octanol–water partition coefficient (Wildman–Crippen LogP) is 11.7. The molecule has 0 N–H and O–H groups in total. The molecule has 8 aromatic carbocycles. The van der Waals surface area contributed by atoms with Gasteiger partial charge in [0.1, 0.15) is 0 Å². The molecule has 0 unspecified atom stereocenters. The minimum Gasteiger partial charge on any atom is -0.208 e. The van der Waals surface area contributed by atoms with Crippen molar-refractivity contribution in [3.8, 4) is 56.4 Å². The van der Waals surface area contributed by atoms with E-state index < -0.39 is 0 Å². The number of nitrogens with zero attached hydrogens (tertiary/aromatic N) is 3. The van der Waals surface area contributed by atoms with Gasteiger partial charge in [-0.2, -0.15) is 0 Å². The first-order valence-electron chi connectivity index (χ1n) is 16.2. The van der Waals surface area contributed by atoms with Gasteiger partial charge < -0.3 is 0 Å². The number of aromatic nitrogens is 3. The van der Waals surface area contributed by atoms with Crippen molar-refractivity contribution in [2.75, 3.05) is 0 Å². The topological polar surface area (TPSA) is 38.7 Å². The predicted molar refractivity (Wildman–Crippen MR) is 200 cm³/mol. The van der Waals surface area contributed by atoms with Gasteiger partial charge in [-0.05, 0) is 72.8 Å². The van der Waals surface area contributed by atoms with Gasteiger partial charge in [0.2, 0.25) is 0 Å². The molecule has 3 heteroatoms. The molecule has 224 valence electrons. The molecule has 0 aliphatic rings. The molecular formula is C45H29N3. The van der Waals surface area contributed by atoms with E-state index in [2.05, 4.69) is 152 Å². The maximum atomic E-state index is 5.13. The highest BCUT2D eigenvalue weighted by molar-refractivity contribution is 6.25. The van der Waals surface area contributed by atoms with Crippen molar-refractivity contribution in [1.29, 1.82) is 0 Å². The molecule has 0 atom stereocenters. The molecule has 0 saturated heterocycles. The third kappa shape index (κ3) is 4.99. The average Bonchev–Trinajstić information content (AvgIpc) is 3.18. The van der Waals surface area contributed by atoms with Crippen LogP contribution in [0.3, 0.4) is 0 Å². The number of benzene rings is 8. The Morgan fingerprint density at radius 1 is 0.208 bits per heavy atom. The van der Waals surface area contributed by atoms with Crippen LogP contribution in [0.2, 0.25) is 0 Å². The van der Waals surface area contributed by atoms with Crippen LogP contribution in [0.25, 0.3) is 88.7 Å². The zero-order valence-electron chi connectivity index (χ0n) is 26.1. The van der Waals surface area contributed by atoms with Crippen LogP contribution in [-0.2, 0) is 0 Å². The lowest BCUT2D eigenvalue weighted by atomic mass is 9.93. The summed E-state index contributed by atoms with van der Waals surface area (Å²) < 4.78 is 0. The second-order valence-electron chi connectivity index (χ2n) is 12.1. The van der Waals surface area contributed by atoms with Crippen LogP contribution >= 0.6 is 0 Å². The standard InChI is InChI=1S/C45H29N3/c1-3-13-30(14-4-1)32-17-11-18-33(27-32)34-19-12-20-35(28-34)44-46-43(31-15-5-2-6-16-31)47-45(48-44)36-25-26-41-39-23-8-7-21-37(39)38-22-9-10-24-40(38)42(41)29-36/h1-29H. The van der Waals surface area contributed by atoms with Gasteiger partial charge >= 0.3 is 0 Å². The Bertz CT molecular complexity index is 2570. The molecule has 0 aliphatic heterocycles. The van der Waals surface area contributed by atoms with Crippen LogP contribution in [0.4, 0.5) is 0 Å². The summed E-state index contributed by atoms with van der Waals surface area (Å²) in [5, 5.41) is 7.37. The van der Waals surface area contributed by atoms with Crippen molar-refractivity contribution in [1.82, 2.24) is 15.0 Å². The third-order valence-corrected chi connectivity index (χ3v) is 9.09. The number of hydrogen-bond donors (Lipinski definition) is 0. The average molecular weight is 612 g/mol. The highest BCUT2D eigenvalue weighted by Gasteiger charge is 2.15. The van der Waals surface area contributed by atoms with Gasteiger partial charge in [0.15, 0.2) is 17.5 Å². The lowest BCUT2D eigenvalue weighted by molar-refractivity contribution is 1.07. The molecule has 0 amide bonds. The maximum absolute atomic E-state index is 5.13. The summed E-state index contributed by atoms with van der Waals surface area (Å²) in [5.74, 6) is 1.94. The summed E-state index contributed by atoms with van der Waals surface area (Å²) >= 11 is 0. The molecule has 0 saturated carbocycles. The van der Waals surface area contributed by atoms with E-state index in [1.807, 2.05) is 24.3 Å². The fourth-order valence-electron chi connectivity index (χ4n) is 6.74. The highest BCUT2D eigenvalue weighted by Crippen LogP contribution is 2.37. The van der Waals surface area contributed by atoms with E-state index in [0.29, 0.717) is 17.5 Å². The van der Waals surface area contributed by atoms with Crippen molar-refractivity contribution in [3.63, 3.8) is 0 Å². The van der Waals surface area contributed by atoms with Crippen LogP contribution < -0.4 is 0 Å². The van der Waals surface area contributed by atoms with Gasteiger partial charge in [0, 0.05) is 16.7 Å². The van der Waals surface area contributed by atoms with Crippen LogP contribution in [0, 0.1) is 0 Å². The molecule has 0 fully saturated rings. The largest absolute Gasteiger partial charge is 0.208 e. The molecule has 1 aromatic heterocycles. The SMILES string of the molecule is c1ccc(-c2cccc(-c3cccc(-c4nc(-c5ccccc5)nc(-c5ccc6c7ccccc7c7ccccc7c6c5)n4)c3)c2)cc1. The van der Waals surface area contributed by atoms with E-state index in [1.54, 1.807) is 0 Å². The number of hydrogen-bond acceptors (Lipinski definition) is 3. The summed E-state index contributed by atoms with van der Waals surface area (Å²) in [6.45, 7) is 0. The molecule has 3 nitrogen and oxygen atoms in total. The molecule has 9 rings (SSSR count). The smallest absolute Gasteiger partial charge is 0.164 e. The first kappa shape index (κ1) is 27.8. The second-order valence-corrected chi connectivity index (χ2v) is 12.1. The molecular weight excluding hydrogens is 583 g/mol. The lowest BCUT2D eigenvalue weighted by Crippen LogP contribution is -2.00. The van der Waals surface area contributed by atoms with Crippen LogP contribution in [-0.4, -0.2) is 15.0 Å². The molecule has 48 heavy (non-hydrogen) atoms. The van der Waals surface area contributed by atoms with Gasteiger partial charge in [0.25, 0.3) is 0 Å². The Labute approximate surface area is 278 Å². The minimum absolute atomic E-state index is 0.642. The Hall–Kier alpha value is -6.45. The van der Waals surface area contributed by atoms with E-state index in [-0.39, 0.29) is 0 Å². The molecule has 0 radical (unpaired) electrons. The second kappa shape index (κ2) is 11.7. The zero-order valence-corrected chi connectivity index (χ0v) is 26.1. The lowest BCUT2D eigenvalue weighted by Gasteiger charge is -2.13. The van der Waals surface area contributed by atoms with Gasteiger partial charge in [-0.15, -0.1) is 0 Å². The molecule has 0 bridgehead atoms. The Kier molecular flexibility index (Phi) is 6.80. The summed E-state index contributed by atoms with van der Waals surface area (Å²) in [7, 11) is 0. The molecule has 0 aliphatic carbocycles. The summed E-state index contributed by atoms with van der Waals surface area (Å²) in [5.41, 5.74) is 7.48. The quantitative estimate of drug-likeness (QED) is 0.182. The Balaban J connectivity index is 1.21. The van der Waals surface area contributed by atoms with Crippen LogP contribution in [0.15, 0.2) is 176 Å². The summed E-state index contributed by atoms with van der Waals surface area (Å²) in [4.78, 5) is 15.2. The van der Waals surface area contributed by atoms with Gasteiger partial charge in [-0.25, -0.2) is 15.0 Å². The molecule has 9 aromatic rings. The van der Waals surface area contributed by atoms with Gasteiger partial charge in [-0.3, -0.25) is 0 Å². The van der Waals surface area contributed by atoms with Crippen molar-refractivity contribution >= 4 is 32.3 Å². The van der Waals surface area contributed by atoms with Gasteiger partial charge in [0.05, 0.1) is 0 Å². The van der Waals surface area contributed by atoms with E-state index >= 15 is 0 Å². The summed E-state index contributed by atoms with van der Waals surface area (Å²) in [6.07, 6.45) is 0. The summed E-state index contributed by atoms with van der Waals surface area (Å²) in [6, 6.07) is 61.7. The third-order valence-electron chi connectivity index (χ3n) is 9.09. The number of rotatable bonds is 5. The van der Waals surface area contributed by atoms with Crippen molar-refractivity contribution in [3.05, 3.63) is 176 Å². The first-order chi connectivity index (χ1) is 23.8. The van der Waals surface area contributed by atoms with E-state index in [9.17, 15) is 0 Å². The van der Waals surface area contributed by atoms with Crippen molar-refractivity contribution < 1.29 is 0 Å². The minimum atomic E-state index is 0.642. The highest BCUT2D eigenvalue weighted by atomic mass is 15.0. The van der Waals surface area contributed by atoms with Crippen LogP contribution in [0.1, 0.15) is 0 Å². The van der Waals surface area contributed by atoms with Crippen molar-refractivity contribution in [2.45, 2.75) is 0 Å². The zero-order chi connectivity index (χ0) is 31.9. The number of fused-ring (bicyclic) bond motifs is 6. The van der Waals surface area contributed by atoms with Crippen LogP contribution in [0.5, 0.6) is 0 Å². The fraction of sp³-hybridized carbons (Fsp3) is 0.